The van der Waals surface area contributed by atoms with Crippen LogP contribution in [0, 0.1) is 6.92 Å². The van der Waals surface area contributed by atoms with Crippen molar-refractivity contribution in [3.8, 4) is 11.1 Å². The molecule has 0 aromatic heterocycles. The third-order valence-corrected chi connectivity index (χ3v) is 5.61. The number of allylic oxidation sites excluding steroid dienone is 15. The van der Waals surface area contributed by atoms with Crippen LogP contribution in [0.15, 0.2) is 133 Å². The lowest BCUT2D eigenvalue weighted by Crippen LogP contribution is -1.90. The number of hydrogen-bond acceptors (Lipinski definition) is 0. The molecule has 0 aliphatic heterocycles. The summed E-state index contributed by atoms with van der Waals surface area (Å²) in [5.41, 5.74) is 10.2. The second-order valence-corrected chi connectivity index (χ2v) is 8.38. The lowest BCUT2D eigenvalue weighted by atomic mass is 9.94. The Kier molecular flexibility index (Phi) is 9.03. The molecule has 0 amide bonds. The zero-order valence-electron chi connectivity index (χ0n) is 20.1. The van der Waals surface area contributed by atoms with Crippen molar-refractivity contribution >= 4 is 5.57 Å². The quantitative estimate of drug-likeness (QED) is 0.348. The van der Waals surface area contributed by atoms with Crippen molar-refractivity contribution in [1.29, 1.82) is 0 Å². The molecule has 0 heterocycles. The predicted molar refractivity (Wildman–Crippen MR) is 147 cm³/mol. The highest BCUT2D eigenvalue weighted by Crippen LogP contribution is 2.32. The molecule has 0 fully saturated rings. The fraction of sp³-hybridized carbons (Fsp3) is 0.152. The second kappa shape index (κ2) is 12.4. The van der Waals surface area contributed by atoms with E-state index in [1.807, 2.05) is 38.2 Å². The molecule has 33 heavy (non-hydrogen) atoms. The van der Waals surface area contributed by atoms with Crippen molar-refractivity contribution < 1.29 is 0 Å². The van der Waals surface area contributed by atoms with Crippen molar-refractivity contribution in [2.75, 3.05) is 0 Å². The fourth-order valence-corrected chi connectivity index (χ4v) is 3.84. The Balaban J connectivity index is 1.79. The van der Waals surface area contributed by atoms with Crippen molar-refractivity contribution in [2.45, 2.75) is 33.6 Å². The highest BCUT2D eigenvalue weighted by molar-refractivity contribution is 5.83. The highest BCUT2D eigenvalue weighted by Gasteiger charge is 2.10. The molecule has 2 aromatic rings. The van der Waals surface area contributed by atoms with E-state index in [0.717, 1.165) is 18.4 Å². The van der Waals surface area contributed by atoms with Crippen LogP contribution in [-0.2, 0) is 6.42 Å². The van der Waals surface area contributed by atoms with E-state index in [1.54, 1.807) is 0 Å². The normalized spacial score (nSPS) is 14.4. The summed E-state index contributed by atoms with van der Waals surface area (Å²) in [4.78, 5) is 0. The Labute approximate surface area is 200 Å². The zero-order valence-corrected chi connectivity index (χ0v) is 20.1. The van der Waals surface area contributed by atoms with E-state index < -0.39 is 0 Å². The van der Waals surface area contributed by atoms with E-state index in [1.165, 1.54) is 39.0 Å². The summed E-state index contributed by atoms with van der Waals surface area (Å²) in [7, 11) is 0. The lowest BCUT2D eigenvalue weighted by molar-refractivity contribution is 1.21. The number of benzene rings is 2. The van der Waals surface area contributed by atoms with Gasteiger partial charge >= 0.3 is 0 Å². The van der Waals surface area contributed by atoms with Crippen molar-refractivity contribution in [2.24, 2.45) is 0 Å². The topological polar surface area (TPSA) is 0 Å². The first-order chi connectivity index (χ1) is 16.1. The molecule has 0 bridgehead atoms. The molecular weight excluding hydrogens is 396 g/mol. The Bertz CT molecular complexity index is 1190. The molecule has 0 unspecified atom stereocenters. The van der Waals surface area contributed by atoms with Gasteiger partial charge in [0.25, 0.3) is 0 Å². The van der Waals surface area contributed by atoms with Gasteiger partial charge in [0.2, 0.25) is 0 Å². The summed E-state index contributed by atoms with van der Waals surface area (Å²) in [6.07, 6.45) is 27.3. The Morgan fingerprint density at radius 1 is 0.909 bits per heavy atom. The second-order valence-electron chi connectivity index (χ2n) is 8.38. The summed E-state index contributed by atoms with van der Waals surface area (Å²) in [6.45, 7) is 10.1. The molecule has 1 aliphatic rings. The van der Waals surface area contributed by atoms with Crippen LogP contribution >= 0.6 is 0 Å². The maximum absolute atomic E-state index is 3.89. The molecule has 0 radical (unpaired) electrons. The van der Waals surface area contributed by atoms with E-state index in [4.69, 9.17) is 0 Å². The van der Waals surface area contributed by atoms with E-state index in [0.29, 0.717) is 0 Å². The third-order valence-electron chi connectivity index (χ3n) is 5.61. The van der Waals surface area contributed by atoms with Gasteiger partial charge in [-0.05, 0) is 78.6 Å². The highest BCUT2D eigenvalue weighted by atomic mass is 14.1. The summed E-state index contributed by atoms with van der Waals surface area (Å²) in [5.74, 6) is 0. The van der Waals surface area contributed by atoms with Crippen LogP contribution in [-0.4, -0.2) is 0 Å². The SMILES string of the molecule is C=C(C)/C=C\C=C/Cc1ccc(-c2cccc(C3=C(\C=C/C=C\C=C\C)CC=C3)c2)cc1C. The van der Waals surface area contributed by atoms with Gasteiger partial charge in [-0.2, -0.15) is 0 Å². The van der Waals surface area contributed by atoms with Crippen LogP contribution < -0.4 is 0 Å². The van der Waals surface area contributed by atoms with Crippen LogP contribution in [0.25, 0.3) is 16.7 Å². The largest absolute Gasteiger partial charge is 0.0961 e. The average molecular weight is 431 g/mol. The standard InChI is InChI=1S/C33H34/c1-5-6-7-8-11-17-29-18-14-21-33(29)32-20-13-19-30(25-32)31-23-22-28(27(4)24-31)16-12-9-10-15-26(2)3/h5-15,17,19-25H,2,16,18H2,1,3-4H3/b6-5+,8-7-,12-9-,15-10-,17-11-. The van der Waals surface area contributed by atoms with E-state index >= 15 is 0 Å². The molecule has 0 atom stereocenters. The van der Waals surface area contributed by atoms with Gasteiger partial charge in [-0.25, -0.2) is 0 Å². The third kappa shape index (κ3) is 7.19. The Morgan fingerprint density at radius 2 is 1.70 bits per heavy atom. The number of rotatable bonds is 9. The fourth-order valence-electron chi connectivity index (χ4n) is 3.84. The molecule has 0 spiro atoms. The number of hydrogen-bond donors (Lipinski definition) is 0. The van der Waals surface area contributed by atoms with E-state index in [2.05, 4.69) is 105 Å². The van der Waals surface area contributed by atoms with Crippen LogP contribution in [0.5, 0.6) is 0 Å². The van der Waals surface area contributed by atoms with Gasteiger partial charge < -0.3 is 0 Å². The minimum absolute atomic E-state index is 0.933. The molecule has 0 nitrogen and oxygen atoms in total. The first-order valence-electron chi connectivity index (χ1n) is 11.6. The average Bonchev–Trinajstić information content (AvgIpc) is 3.28. The van der Waals surface area contributed by atoms with Crippen molar-refractivity contribution in [3.63, 3.8) is 0 Å². The van der Waals surface area contributed by atoms with Crippen LogP contribution in [0.1, 0.15) is 37.0 Å². The van der Waals surface area contributed by atoms with E-state index in [9.17, 15) is 0 Å². The monoisotopic (exact) mass is 430 g/mol. The predicted octanol–water partition coefficient (Wildman–Crippen LogP) is 9.30. The first-order valence-corrected chi connectivity index (χ1v) is 11.6. The molecule has 1 aliphatic carbocycles. The van der Waals surface area contributed by atoms with Gasteiger partial charge in [0.05, 0.1) is 0 Å². The van der Waals surface area contributed by atoms with Gasteiger partial charge in [-0.15, -0.1) is 0 Å². The zero-order chi connectivity index (χ0) is 23.5. The van der Waals surface area contributed by atoms with Crippen LogP contribution in [0.4, 0.5) is 0 Å². The van der Waals surface area contributed by atoms with Crippen LogP contribution in [0.2, 0.25) is 0 Å². The molecule has 3 rings (SSSR count). The van der Waals surface area contributed by atoms with Gasteiger partial charge in [0.1, 0.15) is 0 Å². The summed E-state index contributed by atoms with van der Waals surface area (Å²) in [6, 6.07) is 15.7. The summed E-state index contributed by atoms with van der Waals surface area (Å²) < 4.78 is 0. The summed E-state index contributed by atoms with van der Waals surface area (Å²) in [5, 5.41) is 0. The molecule has 166 valence electrons. The smallest absolute Gasteiger partial charge is 0.00880 e. The Hall–Kier alpha value is -3.64. The molecule has 0 saturated heterocycles. The van der Waals surface area contributed by atoms with Gasteiger partial charge in [-0.1, -0.05) is 121 Å². The van der Waals surface area contributed by atoms with E-state index in [-0.39, 0.29) is 0 Å². The number of aryl methyl sites for hydroxylation is 1. The van der Waals surface area contributed by atoms with Gasteiger partial charge in [0.15, 0.2) is 0 Å². The van der Waals surface area contributed by atoms with Gasteiger partial charge in [0, 0.05) is 0 Å². The maximum atomic E-state index is 3.89. The Morgan fingerprint density at radius 3 is 2.48 bits per heavy atom. The van der Waals surface area contributed by atoms with Crippen LogP contribution in [0.3, 0.4) is 0 Å². The first kappa shape index (κ1) is 24.0. The molecule has 0 saturated carbocycles. The minimum Gasteiger partial charge on any atom is -0.0961 e. The van der Waals surface area contributed by atoms with Crippen molar-refractivity contribution in [1.82, 2.24) is 0 Å². The van der Waals surface area contributed by atoms with Crippen molar-refractivity contribution in [3.05, 3.63) is 150 Å². The van der Waals surface area contributed by atoms with Gasteiger partial charge in [-0.3, -0.25) is 0 Å². The maximum Gasteiger partial charge on any atom is -0.00880 e. The lowest BCUT2D eigenvalue weighted by Gasteiger charge is -2.10. The molecular formula is C33H34. The molecule has 2 aromatic carbocycles. The summed E-state index contributed by atoms with van der Waals surface area (Å²) >= 11 is 0. The molecule has 0 heteroatoms. The molecule has 0 N–H and O–H groups in total. The minimum atomic E-state index is 0.933.